The number of carbonyl (C=O) groups excluding carboxylic acids is 1. The summed E-state index contributed by atoms with van der Waals surface area (Å²) in [4.78, 5) is 20.9. The lowest BCUT2D eigenvalue weighted by Crippen LogP contribution is -2.01. The van der Waals surface area contributed by atoms with Crippen LogP contribution in [0.2, 0.25) is 0 Å². The number of rotatable bonds is 11. The molecule has 0 saturated carbocycles. The molecule has 0 aromatic heterocycles. The van der Waals surface area contributed by atoms with Gasteiger partial charge in [0.2, 0.25) is 0 Å². The molecule has 0 aromatic rings. The lowest BCUT2D eigenvalue weighted by molar-refractivity contribution is -0.137. The fourth-order valence-electron chi connectivity index (χ4n) is 1.86. The van der Waals surface area contributed by atoms with Crippen molar-refractivity contribution in [1.29, 1.82) is 0 Å². The van der Waals surface area contributed by atoms with E-state index in [0.29, 0.717) is 0 Å². The van der Waals surface area contributed by atoms with Gasteiger partial charge in [0.05, 0.1) is 0 Å². The molecule has 0 heterocycles. The van der Waals surface area contributed by atoms with Crippen LogP contribution >= 0.6 is 0 Å². The predicted molar refractivity (Wildman–Crippen MR) is 64.4 cm³/mol. The first-order valence-corrected chi connectivity index (χ1v) is 6.37. The van der Waals surface area contributed by atoms with Crippen molar-refractivity contribution >= 4 is 12.3 Å². The molecule has 0 spiro atoms. The summed E-state index contributed by atoms with van der Waals surface area (Å²) in [5.74, 6) is -0.465. The number of hydrogen-bond acceptors (Lipinski definition) is 2. The molecule has 0 aliphatic rings. The average molecular weight is 228 g/mol. The van der Waals surface area contributed by atoms with Gasteiger partial charge in [0.15, 0.2) is 0 Å². The molecule has 0 saturated heterocycles. The fourth-order valence-corrected chi connectivity index (χ4v) is 1.86. The maximum absolute atomic E-state index is 10.7. The molecule has 94 valence electrons. The second kappa shape index (κ2) is 10.7. The van der Waals surface area contributed by atoms with E-state index in [1.54, 1.807) is 0 Å². The first-order valence-electron chi connectivity index (χ1n) is 6.37. The SMILES string of the molecule is CCCC(C=O)CCCCCCCC(=O)O. The third kappa shape index (κ3) is 9.69. The zero-order valence-corrected chi connectivity index (χ0v) is 10.3. The normalized spacial score (nSPS) is 12.3. The van der Waals surface area contributed by atoms with Crippen LogP contribution in [0.3, 0.4) is 0 Å². The summed E-state index contributed by atoms with van der Waals surface area (Å²) in [6, 6.07) is 0. The van der Waals surface area contributed by atoms with Gasteiger partial charge >= 0.3 is 5.97 Å². The van der Waals surface area contributed by atoms with E-state index in [1.165, 1.54) is 0 Å². The van der Waals surface area contributed by atoms with Gasteiger partial charge in [-0.2, -0.15) is 0 Å². The minimum absolute atomic E-state index is 0.240. The second-order valence-corrected chi connectivity index (χ2v) is 4.39. The zero-order chi connectivity index (χ0) is 12.2. The van der Waals surface area contributed by atoms with Crippen LogP contribution in [-0.4, -0.2) is 17.4 Å². The van der Waals surface area contributed by atoms with E-state index in [9.17, 15) is 9.59 Å². The smallest absolute Gasteiger partial charge is 0.303 e. The van der Waals surface area contributed by atoms with Crippen LogP contribution in [0.25, 0.3) is 0 Å². The van der Waals surface area contributed by atoms with Crippen LogP contribution in [0.1, 0.15) is 64.7 Å². The Labute approximate surface area is 98.2 Å². The lowest BCUT2D eigenvalue weighted by Gasteiger charge is -2.07. The third-order valence-electron chi connectivity index (χ3n) is 2.82. The Morgan fingerprint density at radius 1 is 1.12 bits per heavy atom. The van der Waals surface area contributed by atoms with Gasteiger partial charge in [-0.25, -0.2) is 0 Å². The maximum atomic E-state index is 10.7. The molecular weight excluding hydrogens is 204 g/mol. The number of carboxylic acid groups (broad SMARTS) is 1. The van der Waals surface area contributed by atoms with E-state index in [0.717, 1.165) is 57.7 Å². The van der Waals surface area contributed by atoms with Crippen LogP contribution < -0.4 is 0 Å². The summed E-state index contributed by atoms with van der Waals surface area (Å²) in [7, 11) is 0. The highest BCUT2D eigenvalue weighted by Crippen LogP contribution is 2.14. The third-order valence-corrected chi connectivity index (χ3v) is 2.82. The highest BCUT2D eigenvalue weighted by Gasteiger charge is 2.05. The minimum Gasteiger partial charge on any atom is -0.481 e. The van der Waals surface area contributed by atoms with Crippen molar-refractivity contribution in [2.24, 2.45) is 5.92 Å². The average Bonchev–Trinajstić information content (AvgIpc) is 2.26. The Kier molecular flexibility index (Phi) is 10.1. The lowest BCUT2D eigenvalue weighted by atomic mass is 9.97. The first-order chi connectivity index (χ1) is 7.70. The molecular formula is C13H24O3. The molecule has 0 rings (SSSR count). The topological polar surface area (TPSA) is 54.4 Å². The highest BCUT2D eigenvalue weighted by molar-refractivity contribution is 5.66. The molecule has 1 unspecified atom stereocenters. The van der Waals surface area contributed by atoms with Crippen molar-refractivity contribution in [3.63, 3.8) is 0 Å². The summed E-state index contributed by atoms with van der Waals surface area (Å²) < 4.78 is 0. The Balaban J connectivity index is 3.25. The largest absolute Gasteiger partial charge is 0.481 e. The van der Waals surface area contributed by atoms with Crippen LogP contribution in [0.5, 0.6) is 0 Å². The molecule has 16 heavy (non-hydrogen) atoms. The van der Waals surface area contributed by atoms with Crippen molar-refractivity contribution in [1.82, 2.24) is 0 Å². The Bertz CT molecular complexity index is 190. The molecule has 0 bridgehead atoms. The monoisotopic (exact) mass is 228 g/mol. The van der Waals surface area contributed by atoms with Gasteiger partial charge in [0, 0.05) is 12.3 Å². The zero-order valence-electron chi connectivity index (χ0n) is 10.3. The van der Waals surface area contributed by atoms with Crippen molar-refractivity contribution in [3.05, 3.63) is 0 Å². The van der Waals surface area contributed by atoms with Gasteiger partial charge in [-0.3, -0.25) is 4.79 Å². The molecule has 0 radical (unpaired) electrons. The predicted octanol–water partition coefficient (Wildman–Crippen LogP) is 3.42. The molecule has 0 aliphatic heterocycles. The van der Waals surface area contributed by atoms with Crippen LogP contribution in [0.4, 0.5) is 0 Å². The molecule has 3 heteroatoms. The molecule has 0 aromatic carbocycles. The second-order valence-electron chi connectivity index (χ2n) is 4.39. The number of aliphatic carboxylic acids is 1. The maximum Gasteiger partial charge on any atom is 0.303 e. The van der Waals surface area contributed by atoms with Gasteiger partial charge in [0.25, 0.3) is 0 Å². The van der Waals surface area contributed by atoms with E-state index in [1.807, 2.05) is 0 Å². The standard InChI is InChI=1S/C13H24O3/c1-2-8-12(11-14)9-6-4-3-5-7-10-13(15)16/h11-12H,2-10H2,1H3,(H,15,16). The Morgan fingerprint density at radius 3 is 2.31 bits per heavy atom. The van der Waals surface area contributed by atoms with Crippen LogP contribution in [0, 0.1) is 5.92 Å². The van der Waals surface area contributed by atoms with Gasteiger partial charge in [-0.05, 0) is 19.3 Å². The summed E-state index contributed by atoms with van der Waals surface area (Å²) in [5, 5.41) is 8.44. The summed E-state index contributed by atoms with van der Waals surface area (Å²) in [6.07, 6.45) is 9.50. The number of carboxylic acids is 1. The quantitative estimate of drug-likeness (QED) is 0.435. The summed E-state index contributed by atoms with van der Waals surface area (Å²) >= 11 is 0. The molecule has 3 nitrogen and oxygen atoms in total. The molecule has 0 aliphatic carbocycles. The van der Waals surface area contributed by atoms with E-state index >= 15 is 0 Å². The van der Waals surface area contributed by atoms with Crippen LogP contribution in [-0.2, 0) is 9.59 Å². The van der Waals surface area contributed by atoms with E-state index in [4.69, 9.17) is 5.11 Å². The first kappa shape index (κ1) is 15.1. The number of hydrogen-bond donors (Lipinski definition) is 1. The molecule has 1 atom stereocenters. The van der Waals surface area contributed by atoms with Gasteiger partial charge in [0.1, 0.15) is 6.29 Å². The van der Waals surface area contributed by atoms with Crippen molar-refractivity contribution < 1.29 is 14.7 Å². The summed E-state index contributed by atoms with van der Waals surface area (Å²) in [6.45, 7) is 2.10. The van der Waals surface area contributed by atoms with Gasteiger partial charge in [-0.15, -0.1) is 0 Å². The molecule has 1 N–H and O–H groups in total. The van der Waals surface area contributed by atoms with Gasteiger partial charge in [-0.1, -0.05) is 39.0 Å². The van der Waals surface area contributed by atoms with Crippen molar-refractivity contribution in [2.75, 3.05) is 0 Å². The molecule has 0 fully saturated rings. The minimum atomic E-state index is -0.705. The van der Waals surface area contributed by atoms with Gasteiger partial charge < -0.3 is 9.90 Å². The summed E-state index contributed by atoms with van der Waals surface area (Å²) in [5.41, 5.74) is 0. The fraction of sp³-hybridized carbons (Fsp3) is 0.846. The van der Waals surface area contributed by atoms with E-state index in [2.05, 4.69) is 6.92 Å². The van der Waals surface area contributed by atoms with Crippen molar-refractivity contribution in [3.8, 4) is 0 Å². The van der Waals surface area contributed by atoms with E-state index in [-0.39, 0.29) is 12.3 Å². The number of aldehydes is 1. The van der Waals surface area contributed by atoms with Crippen LogP contribution in [0.15, 0.2) is 0 Å². The Morgan fingerprint density at radius 2 is 1.75 bits per heavy atom. The number of unbranched alkanes of at least 4 members (excludes halogenated alkanes) is 4. The van der Waals surface area contributed by atoms with Crippen molar-refractivity contribution in [2.45, 2.75) is 64.7 Å². The van der Waals surface area contributed by atoms with E-state index < -0.39 is 5.97 Å². The Hall–Kier alpha value is -0.860. The molecule has 0 amide bonds. The number of carbonyl (C=O) groups is 2. The highest BCUT2D eigenvalue weighted by atomic mass is 16.4.